The largest absolute Gasteiger partial charge is 0.416 e. The summed E-state index contributed by atoms with van der Waals surface area (Å²) in [6, 6.07) is 6.24. The Balaban J connectivity index is 1.74. The Morgan fingerprint density at radius 2 is 2.11 bits per heavy atom. The quantitative estimate of drug-likeness (QED) is 0.850. The Morgan fingerprint density at radius 1 is 1.33 bits per heavy atom. The average Bonchev–Trinajstić information content (AvgIpc) is 2.91. The molecule has 1 aromatic carbocycles. The number of hydrogen-bond acceptors (Lipinski definition) is 4. The van der Waals surface area contributed by atoms with Gasteiger partial charge >= 0.3 is 12.2 Å². The molecule has 1 fully saturated rings. The summed E-state index contributed by atoms with van der Waals surface area (Å²) in [5.41, 5.74) is -0.701. The van der Waals surface area contributed by atoms with Gasteiger partial charge < -0.3 is 14.7 Å². The van der Waals surface area contributed by atoms with Gasteiger partial charge in [-0.25, -0.2) is 9.48 Å². The first-order valence-corrected chi connectivity index (χ1v) is 8.33. The molecule has 3 rings (SSSR count). The van der Waals surface area contributed by atoms with E-state index < -0.39 is 23.9 Å². The molecule has 0 radical (unpaired) electrons. The Labute approximate surface area is 153 Å². The Morgan fingerprint density at radius 3 is 2.89 bits per heavy atom. The maximum atomic E-state index is 13.2. The minimum Gasteiger partial charge on any atom is -0.389 e. The van der Waals surface area contributed by atoms with Crippen LogP contribution >= 0.6 is 0 Å². The summed E-state index contributed by atoms with van der Waals surface area (Å²) in [5, 5.41) is 16.4. The Bertz CT molecular complexity index is 794. The molecule has 1 saturated heterocycles. The SMILES string of the molecule is O=C(Nc1ccnn1Cc1ccccc1C(F)(F)F)N1CCOC[C@@H](O)C1. The number of carbonyl (C=O) groups is 1. The summed E-state index contributed by atoms with van der Waals surface area (Å²) in [5.74, 6) is 0.261. The van der Waals surface area contributed by atoms with E-state index in [1.165, 1.54) is 40.0 Å². The van der Waals surface area contributed by atoms with E-state index in [2.05, 4.69) is 10.4 Å². The highest BCUT2D eigenvalue weighted by Crippen LogP contribution is 2.32. The molecular weight excluding hydrogens is 365 g/mol. The van der Waals surface area contributed by atoms with Gasteiger partial charge in [-0.3, -0.25) is 5.32 Å². The molecule has 27 heavy (non-hydrogen) atoms. The molecule has 2 amide bonds. The molecule has 0 spiro atoms. The number of carbonyl (C=O) groups excluding carboxylic acids is 1. The molecule has 0 aliphatic carbocycles. The van der Waals surface area contributed by atoms with E-state index in [9.17, 15) is 23.1 Å². The number of rotatable bonds is 3. The molecule has 1 aromatic heterocycles. The molecule has 10 heteroatoms. The van der Waals surface area contributed by atoms with Crippen molar-refractivity contribution in [3.8, 4) is 0 Å². The smallest absolute Gasteiger partial charge is 0.389 e. The lowest BCUT2D eigenvalue weighted by atomic mass is 10.1. The van der Waals surface area contributed by atoms with Gasteiger partial charge in [0.15, 0.2) is 0 Å². The van der Waals surface area contributed by atoms with Crippen LogP contribution in [0.5, 0.6) is 0 Å². The van der Waals surface area contributed by atoms with Gasteiger partial charge in [-0.05, 0) is 11.6 Å². The van der Waals surface area contributed by atoms with Crippen molar-refractivity contribution in [1.29, 1.82) is 0 Å². The topological polar surface area (TPSA) is 79.6 Å². The molecular formula is C17H19F3N4O3. The van der Waals surface area contributed by atoms with Gasteiger partial charge in [0.2, 0.25) is 0 Å². The summed E-state index contributed by atoms with van der Waals surface area (Å²) in [6.07, 6.45) is -3.87. The lowest BCUT2D eigenvalue weighted by Gasteiger charge is -2.22. The minimum absolute atomic E-state index is 0.0443. The van der Waals surface area contributed by atoms with Gasteiger partial charge in [-0.15, -0.1) is 0 Å². The van der Waals surface area contributed by atoms with Crippen LogP contribution in [0.1, 0.15) is 11.1 Å². The van der Waals surface area contributed by atoms with Gasteiger partial charge in [-0.2, -0.15) is 18.3 Å². The van der Waals surface area contributed by atoms with Gasteiger partial charge in [0.1, 0.15) is 5.82 Å². The van der Waals surface area contributed by atoms with E-state index >= 15 is 0 Å². The zero-order chi connectivity index (χ0) is 19.4. The van der Waals surface area contributed by atoms with E-state index in [0.29, 0.717) is 13.2 Å². The predicted molar refractivity (Wildman–Crippen MR) is 90.2 cm³/mol. The van der Waals surface area contributed by atoms with Crippen LogP contribution in [0.15, 0.2) is 36.5 Å². The minimum atomic E-state index is -4.48. The number of hydrogen-bond donors (Lipinski definition) is 2. The number of halogens is 3. The van der Waals surface area contributed by atoms with Crippen molar-refractivity contribution in [2.75, 3.05) is 31.6 Å². The van der Waals surface area contributed by atoms with Crippen LogP contribution < -0.4 is 5.32 Å². The number of aromatic nitrogens is 2. The van der Waals surface area contributed by atoms with E-state index in [1.807, 2.05) is 0 Å². The predicted octanol–water partition coefficient (Wildman–Crippen LogP) is 2.18. The summed E-state index contributed by atoms with van der Waals surface area (Å²) in [6.45, 7) is 0.702. The highest BCUT2D eigenvalue weighted by Gasteiger charge is 2.33. The normalized spacial score (nSPS) is 18.2. The first-order chi connectivity index (χ1) is 12.8. The Kier molecular flexibility index (Phi) is 5.66. The average molecular weight is 384 g/mol. The van der Waals surface area contributed by atoms with Crippen molar-refractivity contribution < 1.29 is 27.8 Å². The Hall–Kier alpha value is -2.59. The van der Waals surface area contributed by atoms with Crippen LogP contribution in [0.3, 0.4) is 0 Å². The third-order valence-corrected chi connectivity index (χ3v) is 4.13. The number of anilines is 1. The maximum absolute atomic E-state index is 13.2. The fraction of sp³-hybridized carbons (Fsp3) is 0.412. The van der Waals surface area contributed by atoms with Crippen LogP contribution in [0.4, 0.5) is 23.8 Å². The molecule has 1 atom stereocenters. The molecule has 0 bridgehead atoms. The van der Waals surface area contributed by atoms with Crippen LogP contribution in [-0.2, 0) is 17.5 Å². The maximum Gasteiger partial charge on any atom is 0.416 e. The first kappa shape index (κ1) is 19.2. The number of ether oxygens (including phenoxy) is 1. The van der Waals surface area contributed by atoms with E-state index in [1.54, 1.807) is 0 Å². The van der Waals surface area contributed by atoms with Crippen molar-refractivity contribution in [1.82, 2.24) is 14.7 Å². The van der Waals surface area contributed by atoms with E-state index in [0.717, 1.165) is 6.07 Å². The summed E-state index contributed by atoms with van der Waals surface area (Å²) < 4.78 is 46.0. The fourth-order valence-electron chi connectivity index (χ4n) is 2.83. The zero-order valence-corrected chi connectivity index (χ0v) is 14.3. The number of nitrogens with one attached hydrogen (secondary N) is 1. The second-order valence-electron chi connectivity index (χ2n) is 6.13. The highest BCUT2D eigenvalue weighted by atomic mass is 19.4. The van der Waals surface area contributed by atoms with Crippen LogP contribution in [0.25, 0.3) is 0 Å². The van der Waals surface area contributed by atoms with Crippen molar-refractivity contribution in [2.24, 2.45) is 0 Å². The molecule has 146 valence electrons. The second-order valence-corrected chi connectivity index (χ2v) is 6.13. The van der Waals surface area contributed by atoms with Crippen molar-refractivity contribution in [3.63, 3.8) is 0 Å². The standard InChI is InChI=1S/C17H19F3N4O3/c18-17(19,20)14-4-2-1-3-12(14)9-24-15(5-6-21-24)22-16(26)23-7-8-27-11-13(25)10-23/h1-6,13,25H,7-11H2,(H,22,26)/t13-/m0/s1. The molecule has 0 unspecified atom stereocenters. The number of urea groups is 1. The van der Waals surface area contributed by atoms with E-state index in [4.69, 9.17) is 4.74 Å². The summed E-state index contributed by atoms with van der Waals surface area (Å²) in [7, 11) is 0. The molecule has 7 nitrogen and oxygen atoms in total. The first-order valence-electron chi connectivity index (χ1n) is 8.33. The monoisotopic (exact) mass is 384 g/mol. The van der Waals surface area contributed by atoms with Crippen LogP contribution in [0, 0.1) is 0 Å². The molecule has 2 aromatic rings. The van der Waals surface area contributed by atoms with Crippen molar-refractivity contribution >= 4 is 11.8 Å². The molecule has 2 N–H and O–H groups in total. The molecule has 1 aliphatic heterocycles. The number of benzene rings is 1. The van der Waals surface area contributed by atoms with Crippen molar-refractivity contribution in [3.05, 3.63) is 47.7 Å². The van der Waals surface area contributed by atoms with E-state index in [-0.39, 0.29) is 31.1 Å². The lowest BCUT2D eigenvalue weighted by molar-refractivity contribution is -0.138. The van der Waals surface area contributed by atoms with Crippen molar-refractivity contribution in [2.45, 2.75) is 18.8 Å². The summed E-state index contributed by atoms with van der Waals surface area (Å²) >= 11 is 0. The third kappa shape index (κ3) is 4.77. The number of alkyl halides is 3. The molecule has 1 aliphatic rings. The molecule has 0 saturated carbocycles. The number of nitrogens with zero attached hydrogens (tertiary/aromatic N) is 3. The van der Waals surface area contributed by atoms with Gasteiger partial charge in [0.25, 0.3) is 0 Å². The fourth-order valence-corrected chi connectivity index (χ4v) is 2.83. The van der Waals surface area contributed by atoms with Crippen LogP contribution in [0.2, 0.25) is 0 Å². The number of aliphatic hydroxyl groups is 1. The third-order valence-electron chi connectivity index (χ3n) is 4.13. The van der Waals surface area contributed by atoms with Gasteiger partial charge in [-0.1, -0.05) is 18.2 Å². The van der Waals surface area contributed by atoms with Crippen LogP contribution in [-0.4, -0.2) is 58.2 Å². The number of amides is 2. The lowest BCUT2D eigenvalue weighted by Crippen LogP contribution is -2.40. The number of β-amino-alcohol motifs (C(OH)–C–C–N with tert-alkyl or cyclic N) is 1. The number of aliphatic hydroxyl groups excluding tert-OH is 1. The zero-order valence-electron chi connectivity index (χ0n) is 14.3. The summed E-state index contributed by atoms with van der Waals surface area (Å²) in [4.78, 5) is 13.8. The highest BCUT2D eigenvalue weighted by molar-refractivity contribution is 5.88. The van der Waals surface area contributed by atoms with Gasteiger partial charge in [0.05, 0.1) is 44.2 Å². The molecule has 2 heterocycles. The second kappa shape index (κ2) is 7.97. The van der Waals surface area contributed by atoms with Gasteiger partial charge in [0, 0.05) is 12.6 Å².